The molecule has 8 nitrogen and oxygen atoms in total. The molecule has 2 aliphatic rings. The molecule has 4 rings (SSSR count). The second-order valence-electron chi connectivity index (χ2n) is 5.59. The van der Waals surface area contributed by atoms with Crippen molar-refractivity contribution in [2.75, 3.05) is 25.0 Å². The fraction of sp³-hybridized carbons (Fsp3) is 0.333. The number of ether oxygens (including phenoxy) is 1. The van der Waals surface area contributed by atoms with Gasteiger partial charge in [-0.2, -0.15) is 0 Å². The maximum atomic E-state index is 12.0. The Morgan fingerprint density at radius 3 is 2.96 bits per heavy atom. The zero-order valence-electron chi connectivity index (χ0n) is 12.3. The number of fused-ring (bicyclic) bond motifs is 1. The lowest BCUT2D eigenvalue weighted by molar-refractivity contribution is -0.118. The summed E-state index contributed by atoms with van der Waals surface area (Å²) in [5.41, 5.74) is 1.16. The van der Waals surface area contributed by atoms with Gasteiger partial charge in [-0.25, -0.2) is 9.36 Å². The minimum atomic E-state index is -0.462. The van der Waals surface area contributed by atoms with Gasteiger partial charge in [0.25, 0.3) is 5.91 Å². The number of hydrogen-bond acceptors (Lipinski definition) is 6. The monoisotopic (exact) mass is 316 g/mol. The Morgan fingerprint density at radius 1 is 1.30 bits per heavy atom. The number of nitrogens with zero attached hydrogens (tertiary/aromatic N) is 1. The number of amides is 1. The van der Waals surface area contributed by atoms with Crippen LogP contribution in [0.25, 0.3) is 5.69 Å². The molecule has 1 aromatic carbocycles. The Hall–Kier alpha value is -2.58. The Labute approximate surface area is 131 Å². The van der Waals surface area contributed by atoms with Gasteiger partial charge in [-0.15, -0.1) is 0 Å². The van der Waals surface area contributed by atoms with Crippen molar-refractivity contribution in [1.82, 2.24) is 15.2 Å². The van der Waals surface area contributed by atoms with Crippen LogP contribution in [0.2, 0.25) is 0 Å². The molecular formula is C15H16N4O4. The van der Waals surface area contributed by atoms with E-state index in [1.807, 2.05) is 0 Å². The van der Waals surface area contributed by atoms with E-state index in [1.54, 1.807) is 24.4 Å². The summed E-state index contributed by atoms with van der Waals surface area (Å²) in [6.07, 6.45) is 1.66. The van der Waals surface area contributed by atoms with E-state index in [2.05, 4.69) is 16.0 Å². The summed E-state index contributed by atoms with van der Waals surface area (Å²) in [6, 6.07) is 5.58. The highest BCUT2D eigenvalue weighted by atomic mass is 16.5. The van der Waals surface area contributed by atoms with Gasteiger partial charge in [0.05, 0.1) is 24.1 Å². The van der Waals surface area contributed by atoms with Crippen LogP contribution in [0.5, 0.6) is 5.75 Å². The molecule has 0 spiro atoms. The molecule has 1 saturated heterocycles. The van der Waals surface area contributed by atoms with Crippen LogP contribution in [0, 0.1) is 0 Å². The zero-order valence-corrected chi connectivity index (χ0v) is 12.3. The second-order valence-corrected chi connectivity index (χ2v) is 5.59. The maximum absolute atomic E-state index is 12.0. The van der Waals surface area contributed by atoms with Crippen LogP contribution in [-0.2, 0) is 11.3 Å². The Kier molecular flexibility index (Phi) is 3.40. The summed E-state index contributed by atoms with van der Waals surface area (Å²) >= 11 is 0. The zero-order chi connectivity index (χ0) is 15.8. The summed E-state index contributed by atoms with van der Waals surface area (Å²) in [5.74, 6) is 0.480. The number of hydrogen-bond donors (Lipinski definition) is 3. The molecule has 2 aliphatic heterocycles. The van der Waals surface area contributed by atoms with Gasteiger partial charge >= 0.3 is 5.76 Å². The maximum Gasteiger partial charge on any atom is 0.423 e. The van der Waals surface area contributed by atoms with Gasteiger partial charge in [-0.3, -0.25) is 4.79 Å². The van der Waals surface area contributed by atoms with E-state index in [1.165, 1.54) is 4.57 Å². The predicted molar refractivity (Wildman–Crippen MR) is 81.9 cm³/mol. The number of oxazole rings is 1. The molecule has 3 N–H and O–H groups in total. The fourth-order valence-corrected chi connectivity index (χ4v) is 2.54. The molecule has 8 heteroatoms. The highest BCUT2D eigenvalue weighted by Crippen LogP contribution is 2.29. The van der Waals surface area contributed by atoms with Crippen molar-refractivity contribution in [3.63, 3.8) is 0 Å². The topological polar surface area (TPSA) is 97.5 Å². The predicted octanol–water partition coefficient (Wildman–Crippen LogP) is -0.177. The third-order valence-electron chi connectivity index (χ3n) is 3.91. The number of anilines is 1. The first-order chi connectivity index (χ1) is 11.2. The van der Waals surface area contributed by atoms with Crippen molar-refractivity contribution < 1.29 is 13.9 Å². The van der Waals surface area contributed by atoms with Gasteiger partial charge in [-0.05, 0) is 18.2 Å². The summed E-state index contributed by atoms with van der Waals surface area (Å²) in [7, 11) is 0. The van der Waals surface area contributed by atoms with Crippen molar-refractivity contribution >= 4 is 11.6 Å². The third-order valence-corrected chi connectivity index (χ3v) is 3.91. The summed E-state index contributed by atoms with van der Waals surface area (Å²) < 4.78 is 12.0. The summed E-state index contributed by atoms with van der Waals surface area (Å²) in [6.45, 7) is 2.36. The molecule has 3 heterocycles. The highest BCUT2D eigenvalue weighted by Gasteiger charge is 2.19. The van der Waals surface area contributed by atoms with Crippen LogP contribution in [-0.4, -0.2) is 36.2 Å². The van der Waals surface area contributed by atoms with Gasteiger partial charge in [0.15, 0.2) is 6.61 Å². The van der Waals surface area contributed by atoms with Gasteiger partial charge < -0.3 is 25.1 Å². The van der Waals surface area contributed by atoms with Gasteiger partial charge in [0.2, 0.25) is 0 Å². The molecule has 0 bridgehead atoms. The number of aromatic nitrogens is 1. The Balaban J connectivity index is 1.57. The van der Waals surface area contributed by atoms with Gasteiger partial charge in [-0.1, -0.05) is 0 Å². The van der Waals surface area contributed by atoms with E-state index in [9.17, 15) is 9.59 Å². The first-order valence-electron chi connectivity index (χ1n) is 7.41. The minimum absolute atomic E-state index is 0.00382. The van der Waals surface area contributed by atoms with Crippen LogP contribution < -0.4 is 26.4 Å². The van der Waals surface area contributed by atoms with E-state index < -0.39 is 5.76 Å². The lowest BCUT2D eigenvalue weighted by atomic mass is 10.2. The molecule has 2 aromatic rings. The SMILES string of the molecule is O=C1COc2ccc(-n3cc(CNC4CNC4)oc3=O)cc2N1. The Morgan fingerprint density at radius 2 is 2.17 bits per heavy atom. The molecule has 0 aliphatic carbocycles. The molecular weight excluding hydrogens is 300 g/mol. The largest absolute Gasteiger partial charge is 0.482 e. The molecule has 120 valence electrons. The van der Waals surface area contributed by atoms with E-state index in [0.717, 1.165) is 13.1 Å². The van der Waals surface area contributed by atoms with Crippen LogP contribution in [0.3, 0.4) is 0 Å². The van der Waals surface area contributed by atoms with Crippen molar-refractivity contribution in [2.45, 2.75) is 12.6 Å². The number of nitrogens with one attached hydrogen (secondary N) is 3. The first kappa shape index (κ1) is 14.0. The van der Waals surface area contributed by atoms with Crippen LogP contribution in [0.1, 0.15) is 5.76 Å². The first-order valence-corrected chi connectivity index (χ1v) is 7.41. The quantitative estimate of drug-likeness (QED) is 0.724. The average molecular weight is 316 g/mol. The van der Waals surface area contributed by atoms with Crippen molar-refractivity contribution in [3.8, 4) is 11.4 Å². The molecule has 23 heavy (non-hydrogen) atoms. The van der Waals surface area contributed by atoms with E-state index in [4.69, 9.17) is 9.15 Å². The molecule has 1 amide bonds. The second kappa shape index (κ2) is 5.56. The molecule has 1 fully saturated rings. The number of carbonyl (C=O) groups excluding carboxylic acids is 1. The van der Waals surface area contributed by atoms with Crippen LogP contribution >= 0.6 is 0 Å². The lowest BCUT2D eigenvalue weighted by Crippen LogP contribution is -2.54. The number of rotatable bonds is 4. The summed E-state index contributed by atoms with van der Waals surface area (Å²) in [5, 5.41) is 9.19. The molecule has 0 unspecified atom stereocenters. The smallest absolute Gasteiger partial charge is 0.423 e. The normalized spacial score (nSPS) is 17.1. The minimum Gasteiger partial charge on any atom is -0.482 e. The van der Waals surface area contributed by atoms with E-state index >= 15 is 0 Å². The number of carbonyl (C=O) groups is 1. The lowest BCUT2D eigenvalue weighted by Gasteiger charge is -2.27. The Bertz CT molecular complexity index is 806. The molecule has 0 atom stereocenters. The fourth-order valence-electron chi connectivity index (χ4n) is 2.54. The molecule has 0 radical (unpaired) electrons. The van der Waals surface area contributed by atoms with Crippen molar-refractivity contribution in [3.05, 3.63) is 40.7 Å². The third kappa shape index (κ3) is 2.73. The van der Waals surface area contributed by atoms with Gasteiger partial charge in [0.1, 0.15) is 11.5 Å². The number of benzene rings is 1. The molecule has 1 aromatic heterocycles. The van der Waals surface area contributed by atoms with Crippen molar-refractivity contribution in [1.29, 1.82) is 0 Å². The average Bonchev–Trinajstić information content (AvgIpc) is 2.86. The van der Waals surface area contributed by atoms with Crippen LogP contribution in [0.4, 0.5) is 5.69 Å². The van der Waals surface area contributed by atoms with Crippen LogP contribution in [0.15, 0.2) is 33.6 Å². The van der Waals surface area contributed by atoms with E-state index in [0.29, 0.717) is 35.5 Å². The van der Waals surface area contributed by atoms with Crippen molar-refractivity contribution in [2.24, 2.45) is 0 Å². The summed E-state index contributed by atoms with van der Waals surface area (Å²) in [4.78, 5) is 23.4. The van der Waals surface area contributed by atoms with Gasteiger partial charge in [0, 0.05) is 19.1 Å². The molecule has 0 saturated carbocycles. The highest BCUT2D eigenvalue weighted by molar-refractivity contribution is 5.95. The van der Waals surface area contributed by atoms with E-state index in [-0.39, 0.29) is 12.5 Å². The standard InChI is InChI=1S/C15H16N4O4/c20-14-8-22-13-2-1-10(3-12(13)18-14)19-7-11(23-15(19)21)6-17-9-4-16-5-9/h1-3,7,9,16-17H,4-6,8H2,(H,18,20).